The second-order valence-corrected chi connectivity index (χ2v) is 4.33. The van der Waals surface area contributed by atoms with E-state index in [1.807, 2.05) is 6.08 Å². The zero-order chi connectivity index (χ0) is 13.5. The smallest absolute Gasteiger partial charge is 0.166 e. The minimum atomic E-state index is -0.204. The number of aryl methyl sites for hydroxylation is 1. The average Bonchev–Trinajstić information content (AvgIpc) is 2.36. The van der Waals surface area contributed by atoms with Crippen LogP contribution in [0.1, 0.15) is 52.0 Å². The molecular weight excluding hydrogens is 228 g/mol. The Morgan fingerprint density at radius 2 is 2.11 bits per heavy atom. The summed E-state index contributed by atoms with van der Waals surface area (Å²) in [5, 5.41) is 9.82. The molecular formula is C15H18O3. The van der Waals surface area contributed by atoms with E-state index in [9.17, 15) is 14.7 Å². The number of Topliss-reactive ketones (excluding diaryl/α,β-unsaturated/α-hetero) is 1. The molecule has 18 heavy (non-hydrogen) atoms. The van der Waals surface area contributed by atoms with E-state index < -0.39 is 0 Å². The predicted molar refractivity (Wildman–Crippen MR) is 71.2 cm³/mol. The lowest BCUT2D eigenvalue weighted by atomic mass is 9.99. The molecule has 1 rings (SSSR count). The third-order valence-corrected chi connectivity index (χ3v) is 2.77. The Morgan fingerprint density at radius 3 is 2.72 bits per heavy atom. The molecule has 0 spiro atoms. The Morgan fingerprint density at radius 1 is 1.39 bits per heavy atom. The van der Waals surface area contributed by atoms with Crippen molar-refractivity contribution in [2.45, 2.75) is 32.6 Å². The maximum atomic E-state index is 11.9. The largest absolute Gasteiger partial charge is 0.506 e. The lowest BCUT2D eigenvalue weighted by Crippen LogP contribution is -2.02. The van der Waals surface area contributed by atoms with Gasteiger partial charge in [-0.25, -0.2) is 0 Å². The van der Waals surface area contributed by atoms with Crippen LogP contribution in [0.15, 0.2) is 24.8 Å². The van der Waals surface area contributed by atoms with Gasteiger partial charge in [0.1, 0.15) is 5.75 Å². The van der Waals surface area contributed by atoms with Crippen molar-refractivity contribution in [1.82, 2.24) is 0 Å². The molecule has 0 amide bonds. The monoisotopic (exact) mass is 246 g/mol. The van der Waals surface area contributed by atoms with Gasteiger partial charge in [0.05, 0.1) is 11.1 Å². The fourth-order valence-electron chi connectivity index (χ4n) is 1.82. The van der Waals surface area contributed by atoms with E-state index in [1.54, 1.807) is 19.1 Å². The molecule has 0 atom stereocenters. The highest BCUT2D eigenvalue weighted by Crippen LogP contribution is 2.25. The fraction of sp³-hybridized carbons (Fsp3) is 0.333. The van der Waals surface area contributed by atoms with Crippen LogP contribution < -0.4 is 0 Å². The van der Waals surface area contributed by atoms with E-state index in [1.165, 1.54) is 0 Å². The van der Waals surface area contributed by atoms with Gasteiger partial charge >= 0.3 is 0 Å². The number of ketones is 1. The third kappa shape index (κ3) is 3.55. The molecule has 0 aliphatic heterocycles. The number of phenolic OH excluding ortho intramolecular Hbond substituents is 1. The van der Waals surface area contributed by atoms with Crippen molar-refractivity contribution >= 4 is 12.1 Å². The molecule has 3 nitrogen and oxygen atoms in total. The number of benzene rings is 1. The molecule has 0 aromatic heterocycles. The lowest BCUT2D eigenvalue weighted by molar-refractivity contribution is 0.0976. The van der Waals surface area contributed by atoms with Crippen molar-refractivity contribution in [2.24, 2.45) is 0 Å². The zero-order valence-corrected chi connectivity index (χ0v) is 10.6. The van der Waals surface area contributed by atoms with E-state index in [2.05, 4.69) is 6.58 Å². The number of allylic oxidation sites excluding steroid dienone is 1. The van der Waals surface area contributed by atoms with Crippen LogP contribution >= 0.6 is 0 Å². The normalized spacial score (nSPS) is 10.1. The summed E-state index contributed by atoms with van der Waals surface area (Å²) in [6.45, 7) is 5.41. The van der Waals surface area contributed by atoms with Crippen molar-refractivity contribution in [3.05, 3.63) is 41.5 Å². The van der Waals surface area contributed by atoms with Gasteiger partial charge in [-0.15, -0.1) is 6.58 Å². The highest BCUT2D eigenvalue weighted by atomic mass is 16.3. The molecule has 1 aromatic carbocycles. The number of hydrogen-bond donors (Lipinski definition) is 1. The molecule has 0 saturated heterocycles. The van der Waals surface area contributed by atoms with Crippen molar-refractivity contribution in [3.8, 4) is 5.75 Å². The van der Waals surface area contributed by atoms with Crippen LogP contribution in [0.5, 0.6) is 5.75 Å². The molecule has 0 unspecified atom stereocenters. The van der Waals surface area contributed by atoms with Crippen molar-refractivity contribution in [3.63, 3.8) is 0 Å². The molecule has 1 N–H and O–H groups in total. The molecule has 0 bridgehead atoms. The van der Waals surface area contributed by atoms with Gasteiger partial charge in [0.25, 0.3) is 0 Å². The van der Waals surface area contributed by atoms with E-state index in [-0.39, 0.29) is 22.7 Å². The van der Waals surface area contributed by atoms with Gasteiger partial charge in [-0.3, -0.25) is 9.59 Å². The van der Waals surface area contributed by atoms with Gasteiger partial charge in [0.15, 0.2) is 12.1 Å². The van der Waals surface area contributed by atoms with Crippen LogP contribution in [0.4, 0.5) is 0 Å². The number of carbonyl (C=O) groups is 2. The van der Waals surface area contributed by atoms with Crippen LogP contribution in [0.25, 0.3) is 0 Å². The van der Waals surface area contributed by atoms with E-state index in [0.717, 1.165) is 24.8 Å². The van der Waals surface area contributed by atoms with Gasteiger partial charge in [-0.05, 0) is 43.9 Å². The van der Waals surface area contributed by atoms with Crippen molar-refractivity contribution in [1.29, 1.82) is 0 Å². The summed E-state index contributed by atoms with van der Waals surface area (Å²) in [6.07, 6.45) is 5.31. The molecule has 1 aromatic rings. The summed E-state index contributed by atoms with van der Waals surface area (Å²) >= 11 is 0. The summed E-state index contributed by atoms with van der Waals surface area (Å²) in [7, 11) is 0. The molecule has 0 aliphatic carbocycles. The summed E-state index contributed by atoms with van der Waals surface area (Å²) in [6, 6.07) is 3.19. The minimum absolute atomic E-state index is 0.122. The first kappa shape index (κ1) is 14.2. The maximum absolute atomic E-state index is 11.9. The number of rotatable bonds is 7. The summed E-state index contributed by atoms with van der Waals surface area (Å²) in [5.74, 6) is -0.326. The first-order chi connectivity index (χ1) is 8.60. The number of carbonyl (C=O) groups excluding carboxylic acids is 2. The quantitative estimate of drug-likeness (QED) is 0.347. The highest BCUT2D eigenvalue weighted by molar-refractivity contribution is 6.01. The molecule has 0 fully saturated rings. The fourth-order valence-corrected chi connectivity index (χ4v) is 1.82. The van der Waals surface area contributed by atoms with E-state index >= 15 is 0 Å². The van der Waals surface area contributed by atoms with E-state index in [0.29, 0.717) is 12.7 Å². The van der Waals surface area contributed by atoms with Crippen LogP contribution in [0.3, 0.4) is 0 Å². The molecule has 0 radical (unpaired) electrons. The van der Waals surface area contributed by atoms with Gasteiger partial charge in [-0.1, -0.05) is 6.08 Å². The van der Waals surface area contributed by atoms with Crippen LogP contribution in [-0.2, 0) is 0 Å². The Balaban J connectivity index is 2.82. The molecule has 0 heterocycles. The van der Waals surface area contributed by atoms with Crippen LogP contribution in [0.2, 0.25) is 0 Å². The highest BCUT2D eigenvalue weighted by Gasteiger charge is 2.14. The molecule has 96 valence electrons. The van der Waals surface area contributed by atoms with Crippen molar-refractivity contribution < 1.29 is 14.7 Å². The second-order valence-electron chi connectivity index (χ2n) is 4.33. The van der Waals surface area contributed by atoms with E-state index in [4.69, 9.17) is 0 Å². The topological polar surface area (TPSA) is 54.4 Å². The van der Waals surface area contributed by atoms with Crippen LogP contribution in [-0.4, -0.2) is 17.2 Å². The number of unbranched alkanes of at least 4 members (excludes halogenated alkanes) is 2. The Hall–Kier alpha value is -1.90. The van der Waals surface area contributed by atoms with Gasteiger partial charge < -0.3 is 5.11 Å². The minimum Gasteiger partial charge on any atom is -0.506 e. The zero-order valence-electron chi connectivity index (χ0n) is 10.6. The lowest BCUT2D eigenvalue weighted by Gasteiger charge is -2.07. The maximum Gasteiger partial charge on any atom is 0.166 e. The van der Waals surface area contributed by atoms with Crippen molar-refractivity contribution in [2.75, 3.05) is 0 Å². The molecule has 0 aliphatic rings. The third-order valence-electron chi connectivity index (χ3n) is 2.77. The number of phenols is 1. The molecule has 0 saturated carbocycles. The first-order valence-corrected chi connectivity index (χ1v) is 6.03. The Kier molecular flexibility index (Phi) is 5.31. The SMILES string of the molecule is C=CCCCCC(=O)c1cc(C)cc(C=O)c1O. The standard InChI is InChI=1S/C15H18O3/c1-3-4-5-6-7-14(17)13-9-11(2)8-12(10-16)15(13)18/h3,8-10,18H,1,4-7H2,2H3. The number of aromatic hydroxyl groups is 1. The van der Waals surface area contributed by atoms with Gasteiger partial charge in [0, 0.05) is 6.42 Å². The summed E-state index contributed by atoms with van der Waals surface area (Å²) in [5.41, 5.74) is 1.21. The second kappa shape index (κ2) is 6.74. The van der Waals surface area contributed by atoms with Crippen LogP contribution in [0, 0.1) is 6.92 Å². The Bertz CT molecular complexity index is 461. The average molecular weight is 246 g/mol. The summed E-state index contributed by atoms with van der Waals surface area (Å²) < 4.78 is 0. The summed E-state index contributed by atoms with van der Waals surface area (Å²) in [4.78, 5) is 22.7. The van der Waals surface area contributed by atoms with Gasteiger partial charge in [-0.2, -0.15) is 0 Å². The first-order valence-electron chi connectivity index (χ1n) is 6.03. The molecule has 3 heteroatoms. The predicted octanol–water partition coefficient (Wildman–Crippen LogP) is 3.44. The Labute approximate surface area is 107 Å². The number of hydrogen-bond acceptors (Lipinski definition) is 3. The van der Waals surface area contributed by atoms with Gasteiger partial charge in [0.2, 0.25) is 0 Å². The number of aldehydes is 1.